The second kappa shape index (κ2) is 8.37. The third kappa shape index (κ3) is 5.16. The molecule has 0 aromatic heterocycles. The number of para-hydroxylation sites is 1. The molecule has 4 heteroatoms. The van der Waals surface area contributed by atoms with Gasteiger partial charge in [-0.2, -0.15) is 0 Å². The molecule has 0 N–H and O–H groups in total. The van der Waals surface area contributed by atoms with Gasteiger partial charge in [0.1, 0.15) is 12.4 Å². The van der Waals surface area contributed by atoms with E-state index in [0.29, 0.717) is 12.4 Å². The first-order chi connectivity index (χ1) is 10.3. The molecule has 0 atom stereocenters. The average Bonchev–Trinajstić information content (AvgIpc) is 2.54. The molecule has 0 spiro atoms. The topological polar surface area (TPSA) is 35.5 Å². The van der Waals surface area contributed by atoms with Crippen LogP contribution in [0.5, 0.6) is 5.75 Å². The summed E-state index contributed by atoms with van der Waals surface area (Å²) in [4.78, 5) is 11.1. The summed E-state index contributed by atoms with van der Waals surface area (Å²) in [6.45, 7) is 0.527. The van der Waals surface area contributed by atoms with Crippen LogP contribution in [0.1, 0.15) is 11.1 Å². The molecule has 0 aliphatic rings. The van der Waals surface area contributed by atoms with Crippen molar-refractivity contribution in [1.82, 2.24) is 0 Å². The predicted octanol–water partition coefficient (Wildman–Crippen LogP) is 3.67. The molecule has 0 bridgehead atoms. The van der Waals surface area contributed by atoms with Crippen LogP contribution < -0.4 is 4.74 Å². The van der Waals surface area contributed by atoms with E-state index in [9.17, 15) is 4.79 Å². The lowest BCUT2D eigenvalue weighted by Crippen LogP contribution is -2.04. The minimum absolute atomic E-state index is 0.196. The van der Waals surface area contributed by atoms with Gasteiger partial charge < -0.3 is 9.47 Å². The number of rotatable bonds is 7. The van der Waals surface area contributed by atoms with Gasteiger partial charge in [0.2, 0.25) is 0 Å². The number of hydrogen-bond acceptors (Lipinski definition) is 4. The van der Waals surface area contributed by atoms with Crippen LogP contribution in [0.15, 0.2) is 54.6 Å². The Bertz CT molecular complexity index is 569. The summed E-state index contributed by atoms with van der Waals surface area (Å²) in [5.41, 5.74) is 2.32. The van der Waals surface area contributed by atoms with Gasteiger partial charge in [-0.3, -0.25) is 4.79 Å². The second-order valence-corrected chi connectivity index (χ2v) is 5.42. The monoisotopic (exact) mass is 302 g/mol. The largest absolute Gasteiger partial charge is 0.489 e. The van der Waals surface area contributed by atoms with Crippen LogP contribution in [-0.2, 0) is 21.9 Å². The van der Waals surface area contributed by atoms with Crippen molar-refractivity contribution < 1.29 is 14.3 Å². The zero-order valence-corrected chi connectivity index (χ0v) is 12.8. The number of hydrogen-bond donors (Lipinski definition) is 0. The van der Waals surface area contributed by atoms with Gasteiger partial charge in [-0.15, -0.1) is 11.8 Å². The number of carbonyl (C=O) groups is 1. The van der Waals surface area contributed by atoms with Gasteiger partial charge in [0, 0.05) is 5.75 Å². The van der Waals surface area contributed by atoms with E-state index in [1.165, 1.54) is 12.7 Å². The van der Waals surface area contributed by atoms with Gasteiger partial charge in [-0.1, -0.05) is 42.5 Å². The van der Waals surface area contributed by atoms with E-state index in [0.717, 1.165) is 17.1 Å². The van der Waals surface area contributed by atoms with Crippen LogP contribution in [0.25, 0.3) is 0 Å². The van der Waals surface area contributed by atoms with Crippen LogP contribution in [0.3, 0.4) is 0 Å². The van der Waals surface area contributed by atoms with Crippen LogP contribution in [0.4, 0.5) is 0 Å². The van der Waals surface area contributed by atoms with Crippen molar-refractivity contribution in [3.8, 4) is 5.75 Å². The van der Waals surface area contributed by atoms with Gasteiger partial charge in [0.05, 0.1) is 12.9 Å². The molecule has 0 saturated carbocycles. The number of esters is 1. The molecule has 0 aliphatic heterocycles. The standard InChI is InChI=1S/C17H18O3S/c1-19-17(18)13-21-12-15-8-6-5-7-14(15)11-20-16-9-3-2-4-10-16/h2-10H,11-13H2,1H3. The van der Waals surface area contributed by atoms with E-state index in [1.807, 2.05) is 42.5 Å². The highest BCUT2D eigenvalue weighted by Crippen LogP contribution is 2.19. The number of thioether (sulfide) groups is 1. The van der Waals surface area contributed by atoms with Crippen LogP contribution >= 0.6 is 11.8 Å². The Hall–Kier alpha value is -1.94. The van der Waals surface area contributed by atoms with Gasteiger partial charge >= 0.3 is 5.97 Å². The highest BCUT2D eigenvalue weighted by Gasteiger charge is 2.05. The van der Waals surface area contributed by atoms with E-state index in [-0.39, 0.29) is 5.97 Å². The fourth-order valence-electron chi connectivity index (χ4n) is 1.82. The number of ether oxygens (including phenoxy) is 2. The molecule has 110 valence electrons. The fraction of sp³-hybridized carbons (Fsp3) is 0.235. The Morgan fingerprint density at radius 1 is 1.00 bits per heavy atom. The fourth-order valence-corrected chi connectivity index (χ4v) is 2.71. The highest BCUT2D eigenvalue weighted by molar-refractivity contribution is 7.99. The molecule has 0 saturated heterocycles. The Morgan fingerprint density at radius 3 is 2.38 bits per heavy atom. The summed E-state index contributed by atoms with van der Waals surface area (Å²) >= 11 is 1.54. The zero-order valence-electron chi connectivity index (χ0n) is 12.0. The molecule has 0 amide bonds. The Balaban J connectivity index is 1.92. The molecular weight excluding hydrogens is 284 g/mol. The van der Waals surface area contributed by atoms with Crippen LogP contribution in [-0.4, -0.2) is 18.8 Å². The maximum Gasteiger partial charge on any atom is 0.315 e. The first-order valence-electron chi connectivity index (χ1n) is 6.69. The zero-order chi connectivity index (χ0) is 14.9. The molecule has 21 heavy (non-hydrogen) atoms. The SMILES string of the molecule is COC(=O)CSCc1ccccc1COc1ccccc1. The minimum atomic E-state index is -0.196. The van der Waals surface area contributed by atoms with Crippen molar-refractivity contribution in [1.29, 1.82) is 0 Å². The van der Waals surface area contributed by atoms with Crippen molar-refractivity contribution >= 4 is 17.7 Å². The quantitative estimate of drug-likeness (QED) is 0.731. The number of methoxy groups -OCH3 is 1. The number of benzene rings is 2. The predicted molar refractivity (Wildman–Crippen MR) is 85.4 cm³/mol. The Kier molecular flexibility index (Phi) is 6.16. The van der Waals surface area contributed by atoms with Gasteiger partial charge in [-0.05, 0) is 23.3 Å². The summed E-state index contributed by atoms with van der Waals surface area (Å²) in [5.74, 6) is 1.79. The van der Waals surface area contributed by atoms with E-state index < -0.39 is 0 Å². The first-order valence-corrected chi connectivity index (χ1v) is 7.84. The molecule has 0 radical (unpaired) electrons. The lowest BCUT2D eigenvalue weighted by Gasteiger charge is -2.10. The Labute approximate surface area is 129 Å². The smallest absolute Gasteiger partial charge is 0.315 e. The third-order valence-electron chi connectivity index (χ3n) is 2.96. The lowest BCUT2D eigenvalue weighted by atomic mass is 10.1. The molecule has 2 aromatic rings. The summed E-state index contributed by atoms with van der Waals surface area (Å²) in [6, 6.07) is 17.9. The molecule has 0 unspecified atom stereocenters. The van der Waals surface area contributed by atoms with E-state index in [2.05, 4.69) is 16.9 Å². The summed E-state index contributed by atoms with van der Waals surface area (Å²) < 4.78 is 10.4. The normalized spacial score (nSPS) is 10.1. The van der Waals surface area contributed by atoms with Crippen LogP contribution in [0, 0.1) is 0 Å². The number of carbonyl (C=O) groups excluding carboxylic acids is 1. The van der Waals surface area contributed by atoms with Crippen LogP contribution in [0.2, 0.25) is 0 Å². The van der Waals surface area contributed by atoms with Crippen molar-refractivity contribution in [2.75, 3.05) is 12.9 Å². The van der Waals surface area contributed by atoms with Gasteiger partial charge in [0.15, 0.2) is 0 Å². The van der Waals surface area contributed by atoms with E-state index in [4.69, 9.17) is 4.74 Å². The maximum absolute atomic E-state index is 11.1. The third-order valence-corrected chi connectivity index (χ3v) is 3.92. The minimum Gasteiger partial charge on any atom is -0.489 e. The highest BCUT2D eigenvalue weighted by atomic mass is 32.2. The molecular formula is C17H18O3S. The van der Waals surface area contributed by atoms with Crippen molar-refractivity contribution in [2.45, 2.75) is 12.4 Å². The average molecular weight is 302 g/mol. The van der Waals surface area contributed by atoms with E-state index in [1.54, 1.807) is 11.8 Å². The Morgan fingerprint density at radius 2 is 1.67 bits per heavy atom. The van der Waals surface area contributed by atoms with Crippen molar-refractivity contribution in [2.24, 2.45) is 0 Å². The molecule has 2 rings (SSSR count). The maximum atomic E-state index is 11.1. The molecule has 0 fully saturated rings. The molecule has 0 aliphatic carbocycles. The first kappa shape index (κ1) is 15.4. The van der Waals surface area contributed by atoms with Gasteiger partial charge in [0.25, 0.3) is 0 Å². The summed E-state index contributed by atoms with van der Waals surface area (Å²) in [7, 11) is 1.41. The molecule has 3 nitrogen and oxygen atoms in total. The van der Waals surface area contributed by atoms with Crippen molar-refractivity contribution in [3.63, 3.8) is 0 Å². The lowest BCUT2D eigenvalue weighted by molar-refractivity contribution is -0.137. The second-order valence-electron chi connectivity index (χ2n) is 4.44. The van der Waals surface area contributed by atoms with E-state index >= 15 is 0 Å². The molecule has 2 aromatic carbocycles. The summed E-state index contributed by atoms with van der Waals surface area (Å²) in [5, 5.41) is 0. The van der Waals surface area contributed by atoms with Gasteiger partial charge in [-0.25, -0.2) is 0 Å². The van der Waals surface area contributed by atoms with Crippen molar-refractivity contribution in [3.05, 3.63) is 65.7 Å². The summed E-state index contributed by atoms with van der Waals surface area (Å²) in [6.07, 6.45) is 0. The molecule has 0 heterocycles.